The van der Waals surface area contributed by atoms with Gasteiger partial charge in [-0.05, 0) is 18.2 Å². The fourth-order valence-corrected chi connectivity index (χ4v) is 2.87. The molecule has 9 heteroatoms. The number of amides is 1. The van der Waals surface area contributed by atoms with Crippen LogP contribution in [0, 0.1) is 5.82 Å². The molecule has 3 aromatic rings. The van der Waals surface area contributed by atoms with E-state index in [-0.39, 0.29) is 36.1 Å². The molecule has 3 rings (SSSR count). The standard InChI is InChI=1S/C19H19ClFN5O2/c1-28-16-8-15-12(7-11(16)9-23-17(27)5-6-22)19(25-10-24-15)26-14-4-2-3-13(20)18(14)21/h2-4,7-8,10H,5-6,9,22H2,1H3,(H,23,27)(H,24,25,26). The Balaban J connectivity index is 1.98. The number of hydrogen-bond donors (Lipinski definition) is 3. The lowest BCUT2D eigenvalue weighted by Gasteiger charge is -2.14. The van der Waals surface area contributed by atoms with Crippen molar-refractivity contribution in [1.82, 2.24) is 15.3 Å². The minimum atomic E-state index is -0.571. The number of nitrogens with one attached hydrogen (secondary N) is 2. The summed E-state index contributed by atoms with van der Waals surface area (Å²) in [5.74, 6) is 0.245. The van der Waals surface area contributed by atoms with Gasteiger partial charge in [0.2, 0.25) is 5.91 Å². The third-order valence-corrected chi connectivity index (χ3v) is 4.38. The number of rotatable bonds is 7. The Labute approximate surface area is 166 Å². The van der Waals surface area contributed by atoms with Crippen molar-refractivity contribution in [2.24, 2.45) is 5.73 Å². The zero-order valence-electron chi connectivity index (χ0n) is 15.1. The predicted molar refractivity (Wildman–Crippen MR) is 106 cm³/mol. The van der Waals surface area contributed by atoms with Gasteiger partial charge < -0.3 is 21.1 Å². The molecule has 0 fully saturated rings. The molecule has 28 heavy (non-hydrogen) atoms. The van der Waals surface area contributed by atoms with E-state index < -0.39 is 5.82 Å². The second-order valence-corrected chi connectivity index (χ2v) is 6.35. The van der Waals surface area contributed by atoms with E-state index in [1.54, 1.807) is 24.3 Å². The highest BCUT2D eigenvalue weighted by Gasteiger charge is 2.13. The summed E-state index contributed by atoms with van der Waals surface area (Å²) in [5.41, 5.74) is 6.92. The molecule has 1 heterocycles. The first kappa shape index (κ1) is 19.8. The Hall–Kier alpha value is -2.97. The van der Waals surface area contributed by atoms with Crippen molar-refractivity contribution in [2.45, 2.75) is 13.0 Å². The lowest BCUT2D eigenvalue weighted by molar-refractivity contribution is -0.121. The number of carbonyl (C=O) groups is 1. The molecule has 1 amide bonds. The molecule has 0 atom stereocenters. The van der Waals surface area contributed by atoms with Gasteiger partial charge in [-0.3, -0.25) is 4.79 Å². The average molecular weight is 404 g/mol. The molecular formula is C19H19ClFN5O2. The molecule has 0 spiro atoms. The minimum Gasteiger partial charge on any atom is -0.496 e. The molecule has 0 saturated carbocycles. The number of carbonyl (C=O) groups excluding carboxylic acids is 1. The third kappa shape index (κ3) is 4.29. The van der Waals surface area contributed by atoms with Crippen molar-refractivity contribution in [1.29, 1.82) is 0 Å². The van der Waals surface area contributed by atoms with E-state index in [0.29, 0.717) is 22.5 Å². The zero-order valence-corrected chi connectivity index (χ0v) is 15.9. The molecule has 7 nitrogen and oxygen atoms in total. The molecule has 0 aliphatic rings. The fourth-order valence-electron chi connectivity index (χ4n) is 2.70. The van der Waals surface area contributed by atoms with Crippen LogP contribution in [0.5, 0.6) is 5.75 Å². The van der Waals surface area contributed by atoms with Gasteiger partial charge in [-0.25, -0.2) is 14.4 Å². The van der Waals surface area contributed by atoms with Crippen molar-refractivity contribution in [3.63, 3.8) is 0 Å². The molecule has 0 unspecified atom stereocenters. The van der Waals surface area contributed by atoms with E-state index in [0.717, 1.165) is 5.56 Å². The van der Waals surface area contributed by atoms with Crippen molar-refractivity contribution in [2.75, 3.05) is 19.0 Å². The summed E-state index contributed by atoms with van der Waals surface area (Å²) in [4.78, 5) is 20.2. The van der Waals surface area contributed by atoms with E-state index in [4.69, 9.17) is 22.1 Å². The molecule has 4 N–H and O–H groups in total. The van der Waals surface area contributed by atoms with Gasteiger partial charge in [0.25, 0.3) is 0 Å². The highest BCUT2D eigenvalue weighted by molar-refractivity contribution is 6.31. The van der Waals surface area contributed by atoms with Gasteiger partial charge in [-0.1, -0.05) is 17.7 Å². The van der Waals surface area contributed by atoms with Crippen molar-refractivity contribution in [3.8, 4) is 5.75 Å². The number of halogens is 2. The Kier molecular flexibility index (Phi) is 6.23. The third-order valence-electron chi connectivity index (χ3n) is 4.09. The summed E-state index contributed by atoms with van der Waals surface area (Å²) in [7, 11) is 1.54. The fraction of sp³-hybridized carbons (Fsp3) is 0.211. The number of fused-ring (bicyclic) bond motifs is 1. The number of nitrogens with two attached hydrogens (primary N) is 1. The molecule has 0 aliphatic carbocycles. The second kappa shape index (κ2) is 8.81. The van der Waals surface area contributed by atoms with Crippen molar-refractivity contribution in [3.05, 3.63) is 53.1 Å². The topological polar surface area (TPSA) is 102 Å². The maximum atomic E-state index is 14.3. The first-order chi connectivity index (χ1) is 13.5. The Morgan fingerprint density at radius 1 is 1.32 bits per heavy atom. The summed E-state index contributed by atoms with van der Waals surface area (Å²) in [6.07, 6.45) is 1.61. The first-order valence-corrected chi connectivity index (χ1v) is 8.90. The normalized spacial score (nSPS) is 10.7. The van der Waals surface area contributed by atoms with E-state index in [2.05, 4.69) is 20.6 Å². The molecule has 146 valence electrons. The van der Waals surface area contributed by atoms with Gasteiger partial charge in [-0.2, -0.15) is 0 Å². The number of benzene rings is 2. The van der Waals surface area contributed by atoms with Crippen LogP contribution in [0.2, 0.25) is 5.02 Å². The van der Waals surface area contributed by atoms with Gasteiger partial charge in [0.05, 0.1) is 23.3 Å². The Morgan fingerprint density at radius 3 is 2.89 bits per heavy atom. The molecular weight excluding hydrogens is 385 g/mol. The smallest absolute Gasteiger partial charge is 0.221 e. The second-order valence-electron chi connectivity index (χ2n) is 5.95. The molecule has 2 aromatic carbocycles. The molecule has 0 radical (unpaired) electrons. The summed E-state index contributed by atoms with van der Waals surface area (Å²) >= 11 is 5.85. The van der Waals surface area contributed by atoms with Gasteiger partial charge in [0.1, 0.15) is 17.9 Å². The zero-order chi connectivity index (χ0) is 20.1. The van der Waals surface area contributed by atoms with Crippen molar-refractivity contribution >= 4 is 39.9 Å². The van der Waals surface area contributed by atoms with Gasteiger partial charge in [-0.15, -0.1) is 0 Å². The summed E-state index contributed by atoms with van der Waals surface area (Å²) in [6.45, 7) is 0.519. The van der Waals surface area contributed by atoms with Crippen LogP contribution in [-0.2, 0) is 11.3 Å². The van der Waals surface area contributed by atoms with E-state index in [1.807, 2.05) is 0 Å². The SMILES string of the molecule is COc1cc2ncnc(Nc3cccc(Cl)c3F)c2cc1CNC(=O)CCN. The number of hydrogen-bond acceptors (Lipinski definition) is 6. The van der Waals surface area contributed by atoms with Crippen molar-refractivity contribution < 1.29 is 13.9 Å². The quantitative estimate of drug-likeness (QED) is 0.560. The number of ether oxygens (including phenoxy) is 1. The maximum Gasteiger partial charge on any atom is 0.221 e. The molecule has 0 bridgehead atoms. The monoisotopic (exact) mass is 403 g/mol. The first-order valence-electron chi connectivity index (χ1n) is 8.53. The number of aromatic nitrogens is 2. The van der Waals surface area contributed by atoms with Gasteiger partial charge in [0, 0.05) is 36.5 Å². The highest BCUT2D eigenvalue weighted by atomic mass is 35.5. The van der Waals surface area contributed by atoms with Gasteiger partial charge in [0.15, 0.2) is 5.82 Å². The number of nitrogens with zero attached hydrogens (tertiary/aromatic N) is 2. The molecule has 0 aliphatic heterocycles. The van der Waals surface area contributed by atoms with Crippen LogP contribution in [0.15, 0.2) is 36.7 Å². The van der Waals surface area contributed by atoms with Crippen LogP contribution in [0.1, 0.15) is 12.0 Å². The maximum absolute atomic E-state index is 14.3. The lowest BCUT2D eigenvalue weighted by Crippen LogP contribution is -2.25. The minimum absolute atomic E-state index is 0.00772. The number of anilines is 2. The van der Waals surface area contributed by atoms with Crippen LogP contribution >= 0.6 is 11.6 Å². The summed E-state index contributed by atoms with van der Waals surface area (Å²) in [6, 6.07) is 8.20. The van der Waals surface area contributed by atoms with E-state index >= 15 is 0 Å². The predicted octanol–water partition coefficient (Wildman–Crippen LogP) is 3.14. The van der Waals surface area contributed by atoms with Crippen LogP contribution < -0.4 is 21.1 Å². The Morgan fingerprint density at radius 2 is 2.14 bits per heavy atom. The van der Waals surface area contributed by atoms with Crippen LogP contribution in [0.4, 0.5) is 15.9 Å². The van der Waals surface area contributed by atoms with Crippen LogP contribution in [0.25, 0.3) is 10.9 Å². The average Bonchev–Trinajstić information content (AvgIpc) is 2.69. The number of methoxy groups -OCH3 is 1. The summed E-state index contributed by atoms with van der Waals surface area (Å²) in [5, 5.41) is 6.39. The largest absolute Gasteiger partial charge is 0.496 e. The molecule has 1 aromatic heterocycles. The Bertz CT molecular complexity index is 1020. The van der Waals surface area contributed by atoms with E-state index in [9.17, 15) is 9.18 Å². The highest BCUT2D eigenvalue weighted by Crippen LogP contribution is 2.31. The lowest BCUT2D eigenvalue weighted by atomic mass is 10.1. The molecule has 0 saturated heterocycles. The van der Waals surface area contributed by atoms with Crippen LogP contribution in [-0.4, -0.2) is 29.5 Å². The van der Waals surface area contributed by atoms with Gasteiger partial charge >= 0.3 is 0 Å². The van der Waals surface area contributed by atoms with Crippen LogP contribution in [0.3, 0.4) is 0 Å². The summed E-state index contributed by atoms with van der Waals surface area (Å²) < 4.78 is 19.7. The van der Waals surface area contributed by atoms with E-state index in [1.165, 1.54) is 19.5 Å².